The van der Waals surface area contributed by atoms with Crippen molar-refractivity contribution in [3.05, 3.63) is 29.8 Å². The summed E-state index contributed by atoms with van der Waals surface area (Å²) < 4.78 is 67.5. The van der Waals surface area contributed by atoms with Gasteiger partial charge in [-0.2, -0.15) is 17.5 Å². The van der Waals surface area contributed by atoms with E-state index in [2.05, 4.69) is 15.6 Å². The van der Waals surface area contributed by atoms with E-state index in [4.69, 9.17) is 4.74 Å². The van der Waals surface area contributed by atoms with Crippen LogP contribution in [0.5, 0.6) is 5.75 Å². The molecule has 30 heavy (non-hydrogen) atoms. The zero-order valence-electron chi connectivity index (χ0n) is 16.8. The van der Waals surface area contributed by atoms with E-state index in [1.165, 1.54) is 12.8 Å². The van der Waals surface area contributed by atoms with Crippen molar-refractivity contribution in [3.8, 4) is 5.75 Å². The lowest BCUT2D eigenvalue weighted by molar-refractivity contribution is -0.0494. The maximum Gasteiger partial charge on any atom is 0.511 e. The van der Waals surface area contributed by atoms with E-state index in [9.17, 15) is 21.6 Å². The van der Waals surface area contributed by atoms with E-state index in [1.54, 1.807) is 7.05 Å². The molecule has 1 heterocycles. The van der Waals surface area contributed by atoms with Crippen molar-refractivity contribution < 1.29 is 26.3 Å². The number of hydrogen-bond donors (Lipinski definition) is 2. The highest BCUT2D eigenvalue weighted by atomic mass is 32.2. The maximum atomic E-state index is 12.7. The smallest absolute Gasteiger partial charge is 0.493 e. The molecule has 1 saturated heterocycles. The fraction of sp³-hybridized carbons (Fsp3) is 0.632. The van der Waals surface area contributed by atoms with Gasteiger partial charge >= 0.3 is 15.5 Å². The minimum atomic E-state index is -5.27. The molecule has 0 bridgehead atoms. The van der Waals surface area contributed by atoms with Crippen LogP contribution in [-0.4, -0.2) is 57.0 Å². The zero-order valence-corrected chi connectivity index (χ0v) is 17.6. The number of aliphatic imine (C=N–C) groups is 1. The largest absolute Gasteiger partial charge is 0.511 e. The summed E-state index contributed by atoms with van der Waals surface area (Å²) in [5, 5.41) is 6.35. The van der Waals surface area contributed by atoms with Crippen LogP contribution in [0.1, 0.15) is 31.2 Å². The summed E-state index contributed by atoms with van der Waals surface area (Å²) >= 11 is 0. The number of guanidine groups is 1. The van der Waals surface area contributed by atoms with E-state index in [1.807, 2.05) is 24.3 Å². The van der Waals surface area contributed by atoms with Crippen molar-refractivity contribution in [1.29, 1.82) is 0 Å². The number of piperidine rings is 1. The van der Waals surface area contributed by atoms with Crippen LogP contribution in [0, 0.1) is 5.92 Å². The van der Waals surface area contributed by atoms with Gasteiger partial charge in [-0.05, 0) is 37.7 Å². The second-order valence-electron chi connectivity index (χ2n) is 7.56. The molecule has 0 radical (unpaired) electrons. The number of rotatable bonds is 7. The number of alkyl halides is 3. The van der Waals surface area contributed by atoms with Gasteiger partial charge in [0.15, 0.2) is 5.96 Å². The standard InChI is InChI=1S/C19H27F3N4O3S/c1-23-18(24-12-15-4-2-3-5-17(15)29-13-14-6-7-14)25-16-8-10-26(11-9-16)30(27,28)19(20,21)22/h2-5,14,16H,6-13H2,1H3,(H2,23,24,25). The van der Waals surface area contributed by atoms with Crippen LogP contribution < -0.4 is 15.4 Å². The summed E-state index contributed by atoms with van der Waals surface area (Å²) in [4.78, 5) is 4.16. The first kappa shape index (κ1) is 22.7. The molecule has 7 nitrogen and oxygen atoms in total. The Balaban J connectivity index is 1.49. The molecule has 0 unspecified atom stereocenters. The molecule has 2 fully saturated rings. The van der Waals surface area contributed by atoms with Crippen LogP contribution in [-0.2, 0) is 16.6 Å². The number of halogens is 3. The van der Waals surface area contributed by atoms with Crippen molar-refractivity contribution in [2.45, 2.75) is 43.8 Å². The van der Waals surface area contributed by atoms with Gasteiger partial charge in [0.05, 0.1) is 6.61 Å². The highest BCUT2D eigenvalue weighted by molar-refractivity contribution is 7.90. The number of nitrogens with one attached hydrogen (secondary N) is 2. The van der Waals surface area contributed by atoms with Gasteiger partial charge in [0.25, 0.3) is 0 Å². The minimum absolute atomic E-state index is 0.169. The van der Waals surface area contributed by atoms with Crippen LogP contribution >= 0.6 is 0 Å². The lowest BCUT2D eigenvalue weighted by Crippen LogP contribution is -2.51. The quantitative estimate of drug-likeness (QED) is 0.495. The molecule has 1 aliphatic heterocycles. The molecule has 2 aliphatic rings. The molecular formula is C19H27F3N4O3S. The molecule has 3 rings (SSSR count). The van der Waals surface area contributed by atoms with E-state index in [-0.39, 0.29) is 32.0 Å². The molecule has 1 aromatic rings. The van der Waals surface area contributed by atoms with Crippen molar-refractivity contribution in [2.24, 2.45) is 10.9 Å². The molecule has 11 heteroatoms. The second-order valence-corrected chi connectivity index (χ2v) is 9.49. The minimum Gasteiger partial charge on any atom is -0.493 e. The van der Waals surface area contributed by atoms with Gasteiger partial charge in [-0.1, -0.05) is 18.2 Å². The average Bonchev–Trinajstić information content (AvgIpc) is 3.54. The van der Waals surface area contributed by atoms with Gasteiger partial charge in [0.2, 0.25) is 0 Å². The Hall–Kier alpha value is -2.01. The van der Waals surface area contributed by atoms with Crippen molar-refractivity contribution in [2.75, 3.05) is 26.7 Å². The van der Waals surface area contributed by atoms with E-state index < -0.39 is 15.5 Å². The number of ether oxygens (including phenoxy) is 1. The SMILES string of the molecule is CN=C(NCc1ccccc1OCC1CC1)NC1CCN(S(=O)(=O)C(F)(F)F)CC1. The van der Waals surface area contributed by atoms with Gasteiger partial charge < -0.3 is 15.4 Å². The zero-order chi connectivity index (χ0) is 21.8. The fourth-order valence-corrected chi connectivity index (χ4v) is 4.22. The first-order valence-electron chi connectivity index (χ1n) is 9.95. The molecule has 0 atom stereocenters. The Labute approximate surface area is 174 Å². The molecule has 0 spiro atoms. The van der Waals surface area contributed by atoms with E-state index >= 15 is 0 Å². The van der Waals surface area contributed by atoms with Crippen LogP contribution in [0.3, 0.4) is 0 Å². The van der Waals surface area contributed by atoms with Crippen molar-refractivity contribution in [1.82, 2.24) is 14.9 Å². The predicted octanol–water partition coefficient (Wildman–Crippen LogP) is 2.45. The number of nitrogens with zero attached hydrogens (tertiary/aromatic N) is 2. The number of sulfonamides is 1. The number of hydrogen-bond acceptors (Lipinski definition) is 4. The van der Waals surface area contributed by atoms with Crippen molar-refractivity contribution in [3.63, 3.8) is 0 Å². The summed E-state index contributed by atoms with van der Waals surface area (Å²) in [5.74, 6) is 1.97. The third-order valence-electron chi connectivity index (χ3n) is 5.24. The first-order chi connectivity index (χ1) is 14.2. The lowest BCUT2D eigenvalue weighted by atomic mass is 10.1. The number of para-hydroxylation sites is 1. The summed E-state index contributed by atoms with van der Waals surface area (Å²) in [7, 11) is -3.66. The van der Waals surface area contributed by atoms with Crippen LogP contribution in [0.25, 0.3) is 0 Å². The van der Waals surface area contributed by atoms with Crippen LogP contribution in [0.4, 0.5) is 13.2 Å². The molecule has 1 saturated carbocycles. The Morgan fingerprint density at radius 1 is 1.20 bits per heavy atom. The predicted molar refractivity (Wildman–Crippen MR) is 108 cm³/mol. The third kappa shape index (κ3) is 5.78. The van der Waals surface area contributed by atoms with E-state index in [0.29, 0.717) is 29.3 Å². The topological polar surface area (TPSA) is 83.0 Å². The van der Waals surface area contributed by atoms with Crippen LogP contribution in [0.15, 0.2) is 29.3 Å². The summed E-state index contributed by atoms with van der Waals surface area (Å²) in [6.45, 7) is 0.813. The lowest BCUT2D eigenvalue weighted by Gasteiger charge is -2.32. The third-order valence-corrected chi connectivity index (χ3v) is 6.87. The highest BCUT2D eigenvalue weighted by Gasteiger charge is 2.50. The van der Waals surface area contributed by atoms with E-state index in [0.717, 1.165) is 11.3 Å². The Bertz CT molecular complexity index is 849. The average molecular weight is 449 g/mol. The van der Waals surface area contributed by atoms with Crippen molar-refractivity contribution >= 4 is 16.0 Å². The molecule has 1 aromatic carbocycles. The number of benzene rings is 1. The van der Waals surface area contributed by atoms with Gasteiger partial charge in [-0.25, -0.2) is 8.42 Å². The van der Waals surface area contributed by atoms with Gasteiger partial charge in [0, 0.05) is 38.3 Å². The van der Waals surface area contributed by atoms with Gasteiger partial charge in [-0.15, -0.1) is 0 Å². The maximum absolute atomic E-state index is 12.7. The highest BCUT2D eigenvalue weighted by Crippen LogP contribution is 2.30. The molecule has 0 amide bonds. The molecule has 1 aliphatic carbocycles. The molecule has 0 aromatic heterocycles. The Kier molecular flexibility index (Phi) is 7.12. The monoisotopic (exact) mass is 448 g/mol. The molecule has 2 N–H and O–H groups in total. The second kappa shape index (κ2) is 9.42. The Morgan fingerprint density at radius 3 is 2.47 bits per heavy atom. The van der Waals surface area contributed by atoms with Gasteiger partial charge in [0.1, 0.15) is 5.75 Å². The summed E-state index contributed by atoms with van der Waals surface area (Å²) in [6, 6.07) is 7.56. The first-order valence-corrected chi connectivity index (χ1v) is 11.4. The molecular weight excluding hydrogens is 421 g/mol. The fourth-order valence-electron chi connectivity index (χ4n) is 3.24. The summed E-state index contributed by atoms with van der Waals surface area (Å²) in [6.07, 6.45) is 2.94. The Morgan fingerprint density at radius 2 is 1.87 bits per heavy atom. The summed E-state index contributed by atoms with van der Waals surface area (Å²) in [5.41, 5.74) is -4.29. The van der Waals surface area contributed by atoms with Crippen LogP contribution in [0.2, 0.25) is 0 Å². The van der Waals surface area contributed by atoms with Gasteiger partial charge in [-0.3, -0.25) is 4.99 Å². The normalized spacial score (nSPS) is 19.5. The molecule has 168 valence electrons.